The van der Waals surface area contributed by atoms with Crippen molar-refractivity contribution < 1.29 is 18.7 Å². The van der Waals surface area contributed by atoms with Crippen molar-refractivity contribution in [3.05, 3.63) is 59.0 Å². The number of rotatable bonds is 8. The Morgan fingerprint density at radius 3 is 2.63 bits per heavy atom. The van der Waals surface area contributed by atoms with Gasteiger partial charge in [0.1, 0.15) is 11.6 Å². The molecular formula is C22H23FN4O3. The van der Waals surface area contributed by atoms with Crippen molar-refractivity contribution in [1.82, 2.24) is 20.8 Å². The first-order valence-corrected chi connectivity index (χ1v) is 9.51. The number of nitrogens with zero attached hydrogens (tertiary/aromatic N) is 1. The quantitative estimate of drug-likeness (QED) is 0.497. The Morgan fingerprint density at radius 2 is 1.93 bits per heavy atom. The van der Waals surface area contributed by atoms with Gasteiger partial charge in [-0.25, -0.2) is 4.39 Å². The van der Waals surface area contributed by atoms with Crippen molar-refractivity contribution in [1.29, 1.82) is 0 Å². The molecule has 0 spiro atoms. The summed E-state index contributed by atoms with van der Waals surface area (Å²) in [6.45, 7) is 0.371. The number of carbonyl (C=O) groups is 2. The molecule has 30 heavy (non-hydrogen) atoms. The number of H-pyrrole nitrogens is 1. The predicted octanol–water partition coefficient (Wildman–Crippen LogP) is 3.14. The van der Waals surface area contributed by atoms with Crippen LogP contribution >= 0.6 is 0 Å². The number of carbonyl (C=O) groups excluding carboxylic acids is 2. The number of aromatic nitrogens is 2. The fourth-order valence-electron chi connectivity index (χ4n) is 3.04. The number of aromatic amines is 1. The van der Waals surface area contributed by atoms with Gasteiger partial charge in [0.25, 0.3) is 5.91 Å². The highest BCUT2D eigenvalue weighted by molar-refractivity contribution is 6.05. The van der Waals surface area contributed by atoms with Crippen molar-refractivity contribution >= 4 is 34.9 Å². The molecule has 3 rings (SSSR count). The van der Waals surface area contributed by atoms with E-state index in [1.54, 1.807) is 43.5 Å². The van der Waals surface area contributed by atoms with E-state index in [9.17, 15) is 14.0 Å². The first-order valence-electron chi connectivity index (χ1n) is 9.51. The Hall–Kier alpha value is -3.68. The van der Waals surface area contributed by atoms with Crippen LogP contribution in [0, 0.1) is 5.82 Å². The van der Waals surface area contributed by atoms with Crippen LogP contribution < -0.4 is 15.4 Å². The Labute approximate surface area is 173 Å². The normalized spacial score (nSPS) is 11.0. The minimum absolute atomic E-state index is 0.0702. The molecule has 3 aromatic rings. The van der Waals surface area contributed by atoms with Gasteiger partial charge in [-0.15, -0.1) is 0 Å². The molecule has 0 saturated carbocycles. The van der Waals surface area contributed by atoms with Gasteiger partial charge in [-0.1, -0.05) is 18.2 Å². The summed E-state index contributed by atoms with van der Waals surface area (Å²) in [6.07, 6.45) is 4.46. The Morgan fingerprint density at radius 1 is 1.17 bits per heavy atom. The second-order valence-corrected chi connectivity index (χ2v) is 6.60. The molecule has 0 fully saturated rings. The van der Waals surface area contributed by atoms with Crippen LogP contribution in [0.25, 0.3) is 23.1 Å². The second kappa shape index (κ2) is 9.69. The van der Waals surface area contributed by atoms with Crippen molar-refractivity contribution in [2.75, 3.05) is 20.7 Å². The molecule has 0 radical (unpaired) electrons. The first-order chi connectivity index (χ1) is 14.5. The van der Waals surface area contributed by atoms with Gasteiger partial charge in [-0.2, -0.15) is 5.10 Å². The molecule has 0 saturated heterocycles. The monoisotopic (exact) mass is 410 g/mol. The highest BCUT2D eigenvalue weighted by Crippen LogP contribution is 2.32. The molecule has 2 aromatic carbocycles. The summed E-state index contributed by atoms with van der Waals surface area (Å²) < 4.78 is 18.6. The van der Waals surface area contributed by atoms with E-state index in [2.05, 4.69) is 20.8 Å². The Kier molecular flexibility index (Phi) is 6.79. The Bertz CT molecular complexity index is 1070. The topological polar surface area (TPSA) is 96.1 Å². The lowest BCUT2D eigenvalue weighted by atomic mass is 10.1. The highest BCUT2D eigenvalue weighted by Gasteiger charge is 2.18. The van der Waals surface area contributed by atoms with Crippen LogP contribution in [0.1, 0.15) is 34.5 Å². The zero-order valence-corrected chi connectivity index (χ0v) is 16.8. The van der Waals surface area contributed by atoms with Gasteiger partial charge in [0, 0.05) is 20.0 Å². The Balaban J connectivity index is 1.83. The summed E-state index contributed by atoms with van der Waals surface area (Å²) in [5.74, 6) is -0.256. The second-order valence-electron chi connectivity index (χ2n) is 6.60. The number of hydrogen-bond donors (Lipinski definition) is 3. The molecule has 2 amide bonds. The van der Waals surface area contributed by atoms with Crippen LogP contribution in [0.15, 0.2) is 36.4 Å². The average Bonchev–Trinajstić information content (AvgIpc) is 3.18. The third kappa shape index (κ3) is 4.83. The summed E-state index contributed by atoms with van der Waals surface area (Å²) in [5, 5.41) is 13.3. The number of halogens is 1. The third-order valence-electron chi connectivity index (χ3n) is 4.61. The fraction of sp³-hybridized carbons (Fsp3) is 0.227. The van der Waals surface area contributed by atoms with E-state index in [0.717, 1.165) is 11.1 Å². The molecule has 156 valence electrons. The maximum Gasteiger partial charge on any atom is 0.255 e. The van der Waals surface area contributed by atoms with Gasteiger partial charge < -0.3 is 15.4 Å². The molecule has 1 aromatic heterocycles. The molecule has 0 bridgehead atoms. The lowest BCUT2D eigenvalue weighted by molar-refractivity contribution is -0.120. The largest absolute Gasteiger partial charge is 0.495 e. The van der Waals surface area contributed by atoms with Gasteiger partial charge in [0.15, 0.2) is 0 Å². The van der Waals surface area contributed by atoms with Gasteiger partial charge in [0.2, 0.25) is 5.91 Å². The van der Waals surface area contributed by atoms with Crippen molar-refractivity contribution in [2.24, 2.45) is 0 Å². The van der Waals surface area contributed by atoms with Crippen LogP contribution in [0.2, 0.25) is 0 Å². The van der Waals surface area contributed by atoms with Gasteiger partial charge >= 0.3 is 0 Å². The third-order valence-corrected chi connectivity index (χ3v) is 4.61. The molecule has 0 unspecified atom stereocenters. The lowest BCUT2D eigenvalue weighted by Crippen LogP contribution is -2.26. The zero-order valence-electron chi connectivity index (χ0n) is 16.8. The summed E-state index contributed by atoms with van der Waals surface area (Å²) in [4.78, 5) is 23.9. The van der Waals surface area contributed by atoms with E-state index in [-0.39, 0.29) is 17.6 Å². The molecule has 0 aliphatic heterocycles. The summed E-state index contributed by atoms with van der Waals surface area (Å²) in [7, 11) is 3.08. The van der Waals surface area contributed by atoms with E-state index in [1.165, 1.54) is 19.2 Å². The van der Waals surface area contributed by atoms with E-state index in [4.69, 9.17) is 4.74 Å². The molecule has 3 N–H and O–H groups in total. The van der Waals surface area contributed by atoms with Crippen LogP contribution in [-0.4, -0.2) is 42.7 Å². The van der Waals surface area contributed by atoms with Crippen LogP contribution in [0.3, 0.4) is 0 Å². The van der Waals surface area contributed by atoms with E-state index < -0.39 is 0 Å². The molecule has 1 heterocycles. The van der Waals surface area contributed by atoms with Crippen LogP contribution in [-0.2, 0) is 4.79 Å². The van der Waals surface area contributed by atoms with Crippen LogP contribution in [0.5, 0.6) is 5.75 Å². The number of benzene rings is 2. The van der Waals surface area contributed by atoms with Gasteiger partial charge in [0.05, 0.1) is 29.3 Å². The average molecular weight is 410 g/mol. The lowest BCUT2D eigenvalue weighted by Gasteiger charge is -2.10. The fourth-order valence-corrected chi connectivity index (χ4v) is 3.04. The first kappa shape index (κ1) is 21.0. The molecule has 8 heteroatoms. The van der Waals surface area contributed by atoms with Crippen LogP contribution in [0.4, 0.5) is 4.39 Å². The number of ether oxygens (including phenoxy) is 1. The molecular weight excluding hydrogens is 387 g/mol. The number of methoxy groups -OCH3 is 1. The van der Waals surface area contributed by atoms with Crippen molar-refractivity contribution in [3.8, 4) is 5.75 Å². The number of amides is 2. The van der Waals surface area contributed by atoms with E-state index in [1.807, 2.05) is 0 Å². The molecule has 0 aliphatic carbocycles. The van der Waals surface area contributed by atoms with Crippen molar-refractivity contribution in [3.63, 3.8) is 0 Å². The molecule has 0 aliphatic rings. The number of nitrogens with one attached hydrogen (secondary N) is 3. The minimum atomic E-state index is -0.301. The zero-order chi connectivity index (χ0) is 21.5. The minimum Gasteiger partial charge on any atom is -0.495 e. The van der Waals surface area contributed by atoms with E-state index >= 15 is 0 Å². The van der Waals surface area contributed by atoms with Crippen molar-refractivity contribution in [2.45, 2.75) is 12.8 Å². The molecule has 0 atom stereocenters. The van der Waals surface area contributed by atoms with Gasteiger partial charge in [-0.3, -0.25) is 14.7 Å². The summed E-state index contributed by atoms with van der Waals surface area (Å²) >= 11 is 0. The predicted molar refractivity (Wildman–Crippen MR) is 114 cm³/mol. The summed E-state index contributed by atoms with van der Waals surface area (Å²) in [6, 6.07) is 9.52. The molecule has 7 nitrogen and oxygen atoms in total. The standard InChI is InChI=1S/C22H23FN4O3/c1-24-19(28)4-3-13-25-22(29)16-10-12-18-20(21(16)30-2)17(26-27-18)11-7-14-5-8-15(23)9-6-14/h5-12H,3-4,13H2,1-2H3,(H,24,28)(H,25,29)(H,26,27). The number of hydrogen-bond acceptors (Lipinski definition) is 4. The summed E-state index contributed by atoms with van der Waals surface area (Å²) in [5.41, 5.74) is 2.52. The maximum atomic E-state index is 13.1. The van der Waals surface area contributed by atoms with E-state index in [0.29, 0.717) is 41.8 Å². The maximum absolute atomic E-state index is 13.1. The SMILES string of the molecule is CNC(=O)CCCNC(=O)c1ccc2[nH]nc(C=Cc3ccc(F)cc3)c2c1OC. The number of fused-ring (bicyclic) bond motifs is 1. The highest BCUT2D eigenvalue weighted by atomic mass is 19.1. The van der Waals surface area contributed by atoms with Gasteiger partial charge in [-0.05, 0) is 42.3 Å². The smallest absolute Gasteiger partial charge is 0.255 e.